The van der Waals surface area contributed by atoms with E-state index in [0.29, 0.717) is 24.7 Å². The fourth-order valence-electron chi connectivity index (χ4n) is 1.77. The molecule has 5 nitrogen and oxygen atoms in total. The van der Waals surface area contributed by atoms with Gasteiger partial charge in [-0.05, 0) is 32.5 Å². The van der Waals surface area contributed by atoms with Gasteiger partial charge in [0.25, 0.3) is 0 Å². The van der Waals surface area contributed by atoms with Crippen LogP contribution in [0.2, 0.25) is 0 Å². The largest absolute Gasteiger partial charge is 0.389 e. The molecule has 0 saturated carbocycles. The van der Waals surface area contributed by atoms with Crippen molar-refractivity contribution >= 4 is 27.2 Å². The fraction of sp³-hybridized carbons (Fsp3) is 0.500. The summed E-state index contributed by atoms with van der Waals surface area (Å²) in [7, 11) is -1.51. The summed E-state index contributed by atoms with van der Waals surface area (Å²) in [5, 5.41) is 0. The van der Waals surface area contributed by atoms with Gasteiger partial charge in [0.1, 0.15) is 4.99 Å². The number of nitrogens with one attached hydrogen (secondary N) is 1. The highest BCUT2D eigenvalue weighted by Gasteiger charge is 2.14. The van der Waals surface area contributed by atoms with Crippen LogP contribution in [0.5, 0.6) is 0 Å². The molecule has 0 radical (unpaired) electrons. The first-order chi connectivity index (χ1) is 9.77. The van der Waals surface area contributed by atoms with Crippen molar-refractivity contribution in [3.63, 3.8) is 0 Å². The Labute approximate surface area is 132 Å². The predicted molar refractivity (Wildman–Crippen MR) is 89.9 cm³/mol. The van der Waals surface area contributed by atoms with Gasteiger partial charge in [0.15, 0.2) is 0 Å². The van der Waals surface area contributed by atoms with Crippen molar-refractivity contribution in [1.29, 1.82) is 0 Å². The topological polar surface area (TPSA) is 75.4 Å². The molecule has 0 heterocycles. The molecule has 0 aromatic heterocycles. The quantitative estimate of drug-likeness (QED) is 0.704. The molecule has 1 unspecified atom stereocenters. The van der Waals surface area contributed by atoms with E-state index < -0.39 is 10.0 Å². The first-order valence-electron chi connectivity index (χ1n) is 6.87. The second-order valence-corrected chi connectivity index (χ2v) is 7.23. The standard InChI is InChI=1S/C14H23N3O2S2/c1-4-11(2)17(3)10-9-16-21(18,19)13-7-5-12(6-8-13)14(15)20/h5-8,11,16H,4,9-10H2,1-3H3,(H2,15,20). The Hall–Kier alpha value is -1.02. The molecule has 0 aliphatic carbocycles. The van der Waals surface area contributed by atoms with Crippen LogP contribution in [0.3, 0.4) is 0 Å². The molecule has 0 saturated heterocycles. The minimum absolute atomic E-state index is 0.216. The highest BCUT2D eigenvalue weighted by Crippen LogP contribution is 2.10. The van der Waals surface area contributed by atoms with Gasteiger partial charge in [-0.25, -0.2) is 13.1 Å². The van der Waals surface area contributed by atoms with Crippen LogP contribution in [0.4, 0.5) is 0 Å². The average Bonchev–Trinajstić information content (AvgIpc) is 2.46. The van der Waals surface area contributed by atoms with Gasteiger partial charge < -0.3 is 10.6 Å². The SMILES string of the molecule is CCC(C)N(C)CCNS(=O)(=O)c1ccc(C(N)=S)cc1. The molecule has 0 spiro atoms. The van der Waals surface area contributed by atoms with E-state index in [2.05, 4.69) is 23.5 Å². The zero-order valence-electron chi connectivity index (χ0n) is 12.7. The average molecular weight is 329 g/mol. The van der Waals surface area contributed by atoms with Gasteiger partial charge in [0.2, 0.25) is 10.0 Å². The number of rotatable bonds is 8. The number of nitrogens with two attached hydrogens (primary N) is 1. The lowest BCUT2D eigenvalue weighted by atomic mass is 10.2. The van der Waals surface area contributed by atoms with E-state index in [9.17, 15) is 8.42 Å². The highest BCUT2D eigenvalue weighted by molar-refractivity contribution is 7.89. The molecule has 118 valence electrons. The second-order valence-electron chi connectivity index (χ2n) is 5.02. The highest BCUT2D eigenvalue weighted by atomic mass is 32.2. The third-order valence-corrected chi connectivity index (χ3v) is 5.26. The number of thiocarbonyl (C=S) groups is 1. The third kappa shape index (κ3) is 5.35. The van der Waals surface area contributed by atoms with Crippen LogP contribution >= 0.6 is 12.2 Å². The zero-order valence-corrected chi connectivity index (χ0v) is 14.3. The van der Waals surface area contributed by atoms with E-state index in [-0.39, 0.29) is 9.88 Å². The molecule has 1 atom stereocenters. The Balaban J connectivity index is 2.63. The number of likely N-dealkylation sites (N-methyl/N-ethyl adjacent to an activating group) is 1. The summed E-state index contributed by atoms with van der Waals surface area (Å²) >= 11 is 4.84. The summed E-state index contributed by atoms with van der Waals surface area (Å²) in [6.07, 6.45) is 1.03. The Morgan fingerprint density at radius 2 is 1.95 bits per heavy atom. The molecule has 0 aliphatic heterocycles. The maximum Gasteiger partial charge on any atom is 0.240 e. The van der Waals surface area contributed by atoms with Crippen molar-refractivity contribution in [3.05, 3.63) is 29.8 Å². The number of benzene rings is 1. The summed E-state index contributed by atoms with van der Waals surface area (Å²) in [6, 6.07) is 6.67. The van der Waals surface area contributed by atoms with Crippen molar-refractivity contribution in [3.8, 4) is 0 Å². The van der Waals surface area contributed by atoms with Gasteiger partial charge in [0, 0.05) is 24.7 Å². The lowest BCUT2D eigenvalue weighted by molar-refractivity contribution is 0.256. The Kier molecular flexibility index (Phi) is 6.73. The van der Waals surface area contributed by atoms with E-state index in [0.717, 1.165) is 6.42 Å². The predicted octanol–water partition coefficient (Wildman–Crippen LogP) is 1.33. The minimum Gasteiger partial charge on any atom is -0.389 e. The summed E-state index contributed by atoms with van der Waals surface area (Å²) in [4.78, 5) is 2.59. The van der Waals surface area contributed by atoms with Crippen molar-refractivity contribution in [2.45, 2.75) is 31.2 Å². The summed E-state index contributed by atoms with van der Waals surface area (Å²) in [5.41, 5.74) is 6.14. The van der Waals surface area contributed by atoms with Gasteiger partial charge in [-0.1, -0.05) is 31.3 Å². The van der Waals surface area contributed by atoms with E-state index in [4.69, 9.17) is 18.0 Å². The maximum atomic E-state index is 12.1. The number of hydrogen-bond acceptors (Lipinski definition) is 4. The Bertz CT molecular complexity index is 570. The normalized spacial score (nSPS) is 13.3. The first-order valence-corrected chi connectivity index (χ1v) is 8.77. The molecule has 0 aliphatic rings. The summed E-state index contributed by atoms with van der Waals surface area (Å²) < 4.78 is 26.9. The summed E-state index contributed by atoms with van der Waals surface area (Å²) in [6.45, 7) is 5.26. The molecule has 1 rings (SSSR count). The molecule has 7 heteroatoms. The number of sulfonamides is 1. The van der Waals surface area contributed by atoms with Crippen molar-refractivity contribution in [2.24, 2.45) is 5.73 Å². The van der Waals surface area contributed by atoms with Crippen molar-refractivity contribution in [1.82, 2.24) is 9.62 Å². The molecule has 3 N–H and O–H groups in total. The van der Waals surface area contributed by atoms with Crippen LogP contribution < -0.4 is 10.5 Å². The van der Waals surface area contributed by atoms with Gasteiger partial charge in [-0.2, -0.15) is 0 Å². The van der Waals surface area contributed by atoms with Gasteiger partial charge in [0.05, 0.1) is 4.90 Å². The van der Waals surface area contributed by atoms with E-state index in [1.54, 1.807) is 12.1 Å². The van der Waals surface area contributed by atoms with Crippen molar-refractivity contribution < 1.29 is 8.42 Å². The van der Waals surface area contributed by atoms with Crippen LogP contribution in [-0.4, -0.2) is 44.5 Å². The smallest absolute Gasteiger partial charge is 0.240 e. The van der Waals surface area contributed by atoms with E-state index in [1.165, 1.54) is 12.1 Å². The molecule has 0 fully saturated rings. The molecule has 0 bridgehead atoms. The van der Waals surface area contributed by atoms with Crippen LogP contribution in [0.1, 0.15) is 25.8 Å². The molecule has 21 heavy (non-hydrogen) atoms. The number of hydrogen-bond donors (Lipinski definition) is 2. The molecular formula is C14H23N3O2S2. The Morgan fingerprint density at radius 1 is 1.38 bits per heavy atom. The lowest BCUT2D eigenvalue weighted by Crippen LogP contribution is -2.37. The van der Waals surface area contributed by atoms with Crippen LogP contribution in [0.25, 0.3) is 0 Å². The van der Waals surface area contributed by atoms with Gasteiger partial charge >= 0.3 is 0 Å². The molecule has 0 amide bonds. The fourth-order valence-corrected chi connectivity index (χ4v) is 2.93. The van der Waals surface area contributed by atoms with Crippen molar-refractivity contribution in [2.75, 3.05) is 20.1 Å². The lowest BCUT2D eigenvalue weighted by Gasteiger charge is -2.23. The van der Waals surface area contributed by atoms with Gasteiger partial charge in [-0.15, -0.1) is 0 Å². The molecule has 1 aromatic carbocycles. The monoisotopic (exact) mass is 329 g/mol. The summed E-state index contributed by atoms with van der Waals surface area (Å²) in [5.74, 6) is 0. The van der Waals surface area contributed by atoms with E-state index >= 15 is 0 Å². The molecular weight excluding hydrogens is 306 g/mol. The van der Waals surface area contributed by atoms with Gasteiger partial charge in [-0.3, -0.25) is 0 Å². The molecule has 1 aromatic rings. The minimum atomic E-state index is -3.49. The first kappa shape index (κ1) is 18.0. The van der Waals surface area contributed by atoms with E-state index in [1.807, 2.05) is 7.05 Å². The number of nitrogens with zero attached hydrogens (tertiary/aromatic N) is 1. The van der Waals surface area contributed by atoms with Crippen LogP contribution in [0, 0.1) is 0 Å². The maximum absolute atomic E-state index is 12.1. The Morgan fingerprint density at radius 3 is 2.43 bits per heavy atom. The van der Waals surface area contributed by atoms with Crippen LogP contribution in [-0.2, 0) is 10.0 Å². The van der Waals surface area contributed by atoms with Crippen LogP contribution in [0.15, 0.2) is 29.2 Å². The third-order valence-electron chi connectivity index (χ3n) is 3.55. The zero-order chi connectivity index (χ0) is 16.0. The second kappa shape index (κ2) is 7.84.